The minimum atomic E-state index is -3.62. The molecule has 1 atom stereocenters. The van der Waals surface area contributed by atoms with E-state index in [4.69, 9.17) is 4.74 Å². The molecule has 1 aliphatic rings. The lowest BCUT2D eigenvalue weighted by molar-refractivity contribution is -0.115. The van der Waals surface area contributed by atoms with Gasteiger partial charge in [-0.1, -0.05) is 42.8 Å². The molecule has 2 heterocycles. The van der Waals surface area contributed by atoms with E-state index in [0.29, 0.717) is 24.5 Å². The lowest BCUT2D eigenvalue weighted by Gasteiger charge is -2.26. The number of sulfonamides is 1. The third-order valence-corrected chi connectivity index (χ3v) is 8.66. The third kappa shape index (κ3) is 5.67. The average molecular weight is 500 g/mol. The summed E-state index contributed by atoms with van der Waals surface area (Å²) < 4.78 is 33.1. The second kappa shape index (κ2) is 11.1. The number of thiophene rings is 1. The smallest absolute Gasteiger partial charge is 0.243 e. The standard InChI is InChI=1S/C25H29N3O4S2/c1-32-22-13-12-20(34(30,31)28-14-6-3-7-15-28)17-21(22)27-24(29)18-26-25(23-11-8-16-33-23)19-9-4-2-5-10-19/h2,4-5,8-13,16-17,25-26H,3,6-7,14-15,18H2,1H3,(H,27,29)/t25-/m0/s1. The Hall–Kier alpha value is -2.72. The van der Waals surface area contributed by atoms with Gasteiger partial charge in [0.05, 0.1) is 30.3 Å². The molecule has 1 fully saturated rings. The molecule has 3 aromatic rings. The number of ether oxygens (including phenoxy) is 1. The van der Waals surface area contributed by atoms with Crippen molar-refractivity contribution in [1.82, 2.24) is 9.62 Å². The van der Waals surface area contributed by atoms with Crippen molar-refractivity contribution in [2.24, 2.45) is 0 Å². The van der Waals surface area contributed by atoms with Gasteiger partial charge < -0.3 is 10.1 Å². The van der Waals surface area contributed by atoms with Crippen molar-refractivity contribution in [3.63, 3.8) is 0 Å². The highest BCUT2D eigenvalue weighted by molar-refractivity contribution is 7.89. The van der Waals surface area contributed by atoms with Crippen LogP contribution < -0.4 is 15.4 Å². The van der Waals surface area contributed by atoms with E-state index < -0.39 is 10.0 Å². The largest absolute Gasteiger partial charge is 0.495 e. The molecule has 0 radical (unpaired) electrons. The van der Waals surface area contributed by atoms with E-state index in [0.717, 1.165) is 29.7 Å². The molecule has 1 amide bonds. The first-order valence-electron chi connectivity index (χ1n) is 11.3. The molecule has 4 rings (SSSR count). The van der Waals surface area contributed by atoms with Crippen LogP contribution in [0.25, 0.3) is 0 Å². The van der Waals surface area contributed by atoms with Crippen molar-refractivity contribution in [3.05, 3.63) is 76.5 Å². The number of benzene rings is 2. The van der Waals surface area contributed by atoms with Gasteiger partial charge in [-0.25, -0.2) is 8.42 Å². The summed E-state index contributed by atoms with van der Waals surface area (Å²) in [5.74, 6) is 0.118. The number of hydrogen-bond acceptors (Lipinski definition) is 6. The molecule has 0 saturated carbocycles. The maximum atomic E-state index is 13.1. The minimum absolute atomic E-state index is 0.0454. The molecule has 0 spiro atoms. The Morgan fingerprint density at radius 1 is 1.06 bits per heavy atom. The van der Waals surface area contributed by atoms with Gasteiger partial charge in [0.2, 0.25) is 15.9 Å². The number of piperidine rings is 1. The molecule has 34 heavy (non-hydrogen) atoms. The van der Waals surface area contributed by atoms with Crippen molar-refractivity contribution >= 4 is 33.0 Å². The van der Waals surface area contributed by atoms with Crippen molar-refractivity contribution in [3.8, 4) is 5.75 Å². The zero-order valence-corrected chi connectivity index (χ0v) is 20.7. The van der Waals surface area contributed by atoms with Gasteiger partial charge in [-0.2, -0.15) is 4.31 Å². The second-order valence-corrected chi connectivity index (χ2v) is 11.0. The first kappa shape index (κ1) is 24.4. The summed E-state index contributed by atoms with van der Waals surface area (Å²) in [6.45, 7) is 1.08. The molecular weight excluding hydrogens is 470 g/mol. The number of amides is 1. The predicted octanol–water partition coefficient (Wildman–Crippen LogP) is 4.25. The maximum absolute atomic E-state index is 13.1. The molecular formula is C25H29N3O4S2. The molecule has 0 unspecified atom stereocenters. The molecule has 7 nitrogen and oxygen atoms in total. The van der Waals surface area contributed by atoms with Crippen LogP contribution in [0.2, 0.25) is 0 Å². The van der Waals surface area contributed by atoms with E-state index in [1.807, 2.05) is 47.8 Å². The molecule has 1 aromatic heterocycles. The monoisotopic (exact) mass is 499 g/mol. The highest BCUT2D eigenvalue weighted by Crippen LogP contribution is 2.30. The van der Waals surface area contributed by atoms with Crippen molar-refractivity contribution in [2.45, 2.75) is 30.2 Å². The SMILES string of the molecule is COc1ccc(S(=O)(=O)N2CCCCC2)cc1NC(=O)CN[C@@H](c1ccccc1)c1cccs1. The third-order valence-electron chi connectivity index (χ3n) is 5.83. The highest BCUT2D eigenvalue weighted by atomic mass is 32.2. The number of rotatable bonds is 9. The van der Waals surface area contributed by atoms with E-state index in [2.05, 4.69) is 10.6 Å². The van der Waals surface area contributed by atoms with Crippen LogP contribution in [-0.2, 0) is 14.8 Å². The first-order chi connectivity index (χ1) is 16.5. The molecule has 0 aliphatic carbocycles. The van der Waals surface area contributed by atoms with Crippen molar-refractivity contribution < 1.29 is 17.9 Å². The van der Waals surface area contributed by atoms with Crippen LogP contribution in [0.1, 0.15) is 35.7 Å². The topological polar surface area (TPSA) is 87.7 Å². The van der Waals surface area contributed by atoms with Crippen LogP contribution in [0, 0.1) is 0 Å². The molecule has 2 aromatic carbocycles. The fourth-order valence-electron chi connectivity index (χ4n) is 4.07. The van der Waals surface area contributed by atoms with Crippen LogP contribution in [0.15, 0.2) is 70.9 Å². The molecule has 1 saturated heterocycles. The lowest BCUT2D eigenvalue weighted by atomic mass is 10.1. The Bertz CT molecular complexity index is 1190. The minimum Gasteiger partial charge on any atom is -0.495 e. The number of nitrogens with zero attached hydrogens (tertiary/aromatic N) is 1. The van der Waals surface area contributed by atoms with Gasteiger partial charge in [0.15, 0.2) is 0 Å². The quantitative estimate of drug-likeness (QED) is 0.460. The fourth-order valence-corrected chi connectivity index (χ4v) is 6.44. The summed E-state index contributed by atoms with van der Waals surface area (Å²) in [4.78, 5) is 14.1. The van der Waals surface area contributed by atoms with Gasteiger partial charge in [0.1, 0.15) is 5.75 Å². The zero-order chi connectivity index (χ0) is 24.0. The summed E-state index contributed by atoms with van der Waals surface area (Å²) >= 11 is 1.62. The fraction of sp³-hybridized carbons (Fsp3) is 0.320. The molecule has 9 heteroatoms. The first-order valence-corrected chi connectivity index (χ1v) is 13.6. The van der Waals surface area contributed by atoms with E-state index >= 15 is 0 Å². The summed E-state index contributed by atoms with van der Waals surface area (Å²) in [6, 6.07) is 18.4. The van der Waals surface area contributed by atoms with Gasteiger partial charge in [-0.3, -0.25) is 10.1 Å². The summed E-state index contributed by atoms with van der Waals surface area (Å²) in [7, 11) is -2.13. The number of anilines is 1. The second-order valence-electron chi connectivity index (χ2n) is 8.12. The van der Waals surface area contributed by atoms with Crippen LogP contribution >= 0.6 is 11.3 Å². The summed E-state index contributed by atoms with van der Waals surface area (Å²) in [5, 5.41) is 8.15. The van der Waals surface area contributed by atoms with E-state index in [9.17, 15) is 13.2 Å². The number of carbonyl (C=O) groups is 1. The van der Waals surface area contributed by atoms with E-state index in [-0.39, 0.29) is 23.4 Å². The Morgan fingerprint density at radius 3 is 2.50 bits per heavy atom. The number of nitrogens with one attached hydrogen (secondary N) is 2. The molecule has 180 valence electrons. The lowest BCUT2D eigenvalue weighted by Crippen LogP contribution is -2.35. The normalized spacial score (nSPS) is 15.6. The van der Waals surface area contributed by atoms with Gasteiger partial charge in [0.25, 0.3) is 0 Å². The number of carbonyl (C=O) groups excluding carboxylic acids is 1. The van der Waals surface area contributed by atoms with Crippen LogP contribution in [0.4, 0.5) is 5.69 Å². The van der Waals surface area contributed by atoms with E-state index in [1.54, 1.807) is 17.4 Å². The van der Waals surface area contributed by atoms with Gasteiger partial charge >= 0.3 is 0 Å². The molecule has 1 aliphatic heterocycles. The predicted molar refractivity (Wildman–Crippen MR) is 135 cm³/mol. The average Bonchev–Trinajstić information content (AvgIpc) is 3.40. The van der Waals surface area contributed by atoms with Crippen molar-refractivity contribution in [2.75, 3.05) is 32.1 Å². The van der Waals surface area contributed by atoms with Gasteiger partial charge in [-0.15, -0.1) is 11.3 Å². The Kier molecular flexibility index (Phi) is 7.99. The van der Waals surface area contributed by atoms with E-state index in [1.165, 1.54) is 23.5 Å². The molecule has 0 bridgehead atoms. The Labute approximate surface area is 204 Å². The maximum Gasteiger partial charge on any atom is 0.243 e. The Balaban J connectivity index is 1.49. The summed E-state index contributed by atoms with van der Waals surface area (Å²) in [6.07, 6.45) is 2.76. The van der Waals surface area contributed by atoms with Crippen LogP contribution in [0.5, 0.6) is 5.75 Å². The number of methoxy groups -OCH3 is 1. The van der Waals surface area contributed by atoms with Crippen LogP contribution in [0.3, 0.4) is 0 Å². The zero-order valence-electron chi connectivity index (χ0n) is 19.1. The highest BCUT2D eigenvalue weighted by Gasteiger charge is 2.27. The Morgan fingerprint density at radius 2 is 1.82 bits per heavy atom. The van der Waals surface area contributed by atoms with Gasteiger partial charge in [0, 0.05) is 18.0 Å². The number of hydrogen-bond donors (Lipinski definition) is 2. The van der Waals surface area contributed by atoms with Crippen molar-refractivity contribution in [1.29, 1.82) is 0 Å². The molecule has 2 N–H and O–H groups in total. The summed E-state index contributed by atoms with van der Waals surface area (Å²) in [5.41, 5.74) is 1.39. The van der Waals surface area contributed by atoms with Crippen LogP contribution in [-0.4, -0.2) is 45.4 Å². The van der Waals surface area contributed by atoms with Gasteiger partial charge in [-0.05, 0) is 48.1 Å².